The van der Waals surface area contributed by atoms with Crippen molar-refractivity contribution in [3.05, 3.63) is 52.9 Å². The quantitative estimate of drug-likeness (QED) is 0.498. The summed E-state index contributed by atoms with van der Waals surface area (Å²) in [7, 11) is 0. The number of phenolic OH excluding ortho intramolecular Hbond substituents is 1. The van der Waals surface area contributed by atoms with Gasteiger partial charge in [0.05, 0.1) is 35.9 Å². The molecule has 4 rings (SSSR count). The Morgan fingerprint density at radius 1 is 1.23 bits per heavy atom. The first kappa shape index (κ1) is 20.7. The zero-order chi connectivity index (χ0) is 22.5. The lowest BCUT2D eigenvalue weighted by atomic mass is 9.98. The number of phenols is 1. The topological polar surface area (TPSA) is 97.0 Å². The Hall–Kier alpha value is -3.57. The summed E-state index contributed by atoms with van der Waals surface area (Å²) >= 11 is 0. The van der Waals surface area contributed by atoms with E-state index in [4.69, 9.17) is 0 Å². The predicted octanol–water partition coefficient (Wildman–Crippen LogP) is 3.07. The number of anilines is 1. The molecule has 0 amide bonds. The van der Waals surface area contributed by atoms with Crippen molar-refractivity contribution in [1.82, 2.24) is 25.0 Å². The van der Waals surface area contributed by atoms with Crippen LogP contribution in [0, 0.1) is 5.82 Å². The van der Waals surface area contributed by atoms with E-state index in [1.165, 1.54) is 21.7 Å². The summed E-state index contributed by atoms with van der Waals surface area (Å²) in [6, 6.07) is 1.90. The molecule has 2 aromatic heterocycles. The number of hydrogen-bond acceptors (Lipinski definition) is 7. The van der Waals surface area contributed by atoms with Crippen molar-refractivity contribution in [3.8, 4) is 11.7 Å². The number of halogens is 4. The molecule has 1 aliphatic rings. The zero-order valence-electron chi connectivity index (χ0n) is 16.4. The molecular formula is C19H16F4N6O2. The molecule has 0 radical (unpaired) electrons. The van der Waals surface area contributed by atoms with E-state index in [9.17, 15) is 27.5 Å². The fourth-order valence-electron chi connectivity index (χ4n) is 3.65. The Kier molecular flexibility index (Phi) is 4.86. The highest BCUT2D eigenvalue weighted by atomic mass is 19.4. The fraction of sp³-hybridized carbons (Fsp3) is 0.316. The van der Waals surface area contributed by atoms with E-state index in [2.05, 4.69) is 20.3 Å². The Morgan fingerprint density at radius 2 is 1.90 bits per heavy atom. The maximum absolute atomic E-state index is 13.8. The van der Waals surface area contributed by atoms with Crippen LogP contribution in [0.25, 0.3) is 5.95 Å². The molecule has 1 aromatic carbocycles. The minimum atomic E-state index is -4.88. The summed E-state index contributed by atoms with van der Waals surface area (Å²) in [5, 5.41) is 18.2. The smallest absolute Gasteiger partial charge is 0.421 e. The van der Waals surface area contributed by atoms with E-state index < -0.39 is 40.7 Å². The van der Waals surface area contributed by atoms with Crippen LogP contribution in [-0.2, 0) is 19.1 Å². The third-order valence-corrected chi connectivity index (χ3v) is 5.11. The van der Waals surface area contributed by atoms with Gasteiger partial charge in [-0.2, -0.15) is 17.9 Å². The Bertz CT molecular complexity index is 1160. The van der Waals surface area contributed by atoms with E-state index >= 15 is 0 Å². The Labute approximate surface area is 173 Å². The van der Waals surface area contributed by atoms with Gasteiger partial charge in [-0.25, -0.2) is 14.4 Å². The van der Waals surface area contributed by atoms with Gasteiger partial charge in [0.15, 0.2) is 11.6 Å². The van der Waals surface area contributed by atoms with Crippen molar-refractivity contribution >= 4 is 11.5 Å². The monoisotopic (exact) mass is 436 g/mol. The second-order valence-electron chi connectivity index (χ2n) is 7.19. The first-order valence-corrected chi connectivity index (χ1v) is 9.20. The van der Waals surface area contributed by atoms with Gasteiger partial charge in [-0.1, -0.05) is 5.21 Å². The van der Waals surface area contributed by atoms with Crippen molar-refractivity contribution in [1.29, 1.82) is 0 Å². The number of aromatic nitrogens is 5. The first-order valence-electron chi connectivity index (χ1n) is 9.20. The molecule has 3 aromatic rings. The third kappa shape index (κ3) is 3.57. The highest BCUT2D eigenvalue weighted by molar-refractivity contribution is 5.98. The summed E-state index contributed by atoms with van der Waals surface area (Å²) in [6.45, 7) is 2.77. The SMILES string of the molecule is CC(=O)c1ccc(N2Cc3nnn(-c4ncc(F)cn4)c3C[C@@H]2C)c(C(F)(F)F)c1O. The number of Topliss-reactive ketones (excluding diaryl/α,β-unsaturated/α-hetero) is 1. The summed E-state index contributed by atoms with van der Waals surface area (Å²) < 4.78 is 55.9. The number of fused-ring (bicyclic) bond motifs is 1. The van der Waals surface area contributed by atoms with E-state index in [1.807, 2.05) is 0 Å². The lowest BCUT2D eigenvalue weighted by Crippen LogP contribution is -2.40. The van der Waals surface area contributed by atoms with Crippen LogP contribution in [-0.4, -0.2) is 41.9 Å². The number of benzene rings is 1. The maximum Gasteiger partial charge on any atom is 0.421 e. The number of alkyl halides is 3. The number of carbonyl (C=O) groups excluding carboxylic acids is 1. The summed E-state index contributed by atoms with van der Waals surface area (Å²) in [6.07, 6.45) is -2.69. The molecule has 162 valence electrons. The van der Waals surface area contributed by atoms with Gasteiger partial charge >= 0.3 is 6.18 Å². The molecule has 0 aliphatic carbocycles. The Balaban J connectivity index is 1.77. The van der Waals surface area contributed by atoms with Crippen LogP contribution >= 0.6 is 0 Å². The van der Waals surface area contributed by atoms with Crippen molar-refractivity contribution in [3.63, 3.8) is 0 Å². The minimum absolute atomic E-state index is 0.0281. The molecule has 0 spiro atoms. The van der Waals surface area contributed by atoms with E-state index in [-0.39, 0.29) is 24.6 Å². The average molecular weight is 436 g/mol. The summed E-state index contributed by atoms with van der Waals surface area (Å²) in [5.41, 5.74) is -0.950. The van der Waals surface area contributed by atoms with Crippen LogP contribution in [0.2, 0.25) is 0 Å². The molecule has 1 aliphatic heterocycles. The normalized spacial score (nSPS) is 16.3. The summed E-state index contributed by atoms with van der Waals surface area (Å²) in [5.74, 6) is -2.30. The lowest BCUT2D eigenvalue weighted by Gasteiger charge is -2.36. The predicted molar refractivity (Wildman–Crippen MR) is 99.4 cm³/mol. The lowest BCUT2D eigenvalue weighted by molar-refractivity contribution is -0.138. The molecule has 3 heterocycles. The minimum Gasteiger partial charge on any atom is -0.506 e. The number of nitrogens with zero attached hydrogens (tertiary/aromatic N) is 6. The van der Waals surface area contributed by atoms with Gasteiger partial charge in [-0.05, 0) is 26.0 Å². The molecule has 0 saturated carbocycles. The van der Waals surface area contributed by atoms with Crippen LogP contribution in [0.5, 0.6) is 5.75 Å². The number of rotatable bonds is 3. The zero-order valence-corrected chi connectivity index (χ0v) is 16.4. The molecule has 1 N–H and O–H groups in total. The number of hydrogen-bond donors (Lipinski definition) is 1. The maximum atomic E-state index is 13.8. The van der Waals surface area contributed by atoms with Gasteiger partial charge in [-0.15, -0.1) is 5.10 Å². The highest BCUT2D eigenvalue weighted by Gasteiger charge is 2.41. The third-order valence-electron chi connectivity index (χ3n) is 5.11. The second-order valence-corrected chi connectivity index (χ2v) is 7.19. The van der Waals surface area contributed by atoms with Gasteiger partial charge in [0.25, 0.3) is 5.95 Å². The van der Waals surface area contributed by atoms with E-state index in [0.717, 1.165) is 19.3 Å². The van der Waals surface area contributed by atoms with Gasteiger partial charge in [0, 0.05) is 12.5 Å². The molecule has 0 saturated heterocycles. The van der Waals surface area contributed by atoms with Crippen LogP contribution in [0.15, 0.2) is 24.5 Å². The van der Waals surface area contributed by atoms with Crippen molar-refractivity contribution in [2.75, 3.05) is 4.90 Å². The molecule has 31 heavy (non-hydrogen) atoms. The van der Waals surface area contributed by atoms with Crippen LogP contribution in [0.4, 0.5) is 23.2 Å². The largest absolute Gasteiger partial charge is 0.506 e. The Morgan fingerprint density at radius 3 is 2.52 bits per heavy atom. The van der Waals surface area contributed by atoms with Crippen molar-refractivity contribution in [2.24, 2.45) is 0 Å². The molecule has 0 unspecified atom stereocenters. The number of aromatic hydroxyl groups is 1. The van der Waals surface area contributed by atoms with Gasteiger partial charge in [0.1, 0.15) is 17.0 Å². The van der Waals surface area contributed by atoms with Crippen LogP contribution in [0.1, 0.15) is 41.2 Å². The number of ketones is 1. The van der Waals surface area contributed by atoms with Gasteiger partial charge in [-0.3, -0.25) is 4.79 Å². The summed E-state index contributed by atoms with van der Waals surface area (Å²) in [4.78, 5) is 20.8. The highest BCUT2D eigenvalue weighted by Crippen LogP contribution is 2.45. The van der Waals surface area contributed by atoms with Crippen molar-refractivity contribution in [2.45, 2.75) is 39.0 Å². The van der Waals surface area contributed by atoms with Crippen LogP contribution in [0.3, 0.4) is 0 Å². The van der Waals surface area contributed by atoms with Gasteiger partial charge < -0.3 is 10.0 Å². The molecule has 1 atom stereocenters. The fourth-order valence-corrected chi connectivity index (χ4v) is 3.65. The van der Waals surface area contributed by atoms with E-state index in [0.29, 0.717) is 11.4 Å². The van der Waals surface area contributed by atoms with Gasteiger partial charge in [0.2, 0.25) is 0 Å². The molecule has 8 nitrogen and oxygen atoms in total. The average Bonchev–Trinajstić information content (AvgIpc) is 3.09. The standard InChI is InChI=1S/C19H16F4N6O2/c1-9-5-15-13(26-27-29(15)18-24-6-11(20)7-25-18)8-28(9)14-4-3-12(10(2)30)17(31)16(14)19(21,22)23/h3-4,6-7,9,31H,5,8H2,1-2H3/t9-/m0/s1. The molecule has 0 fully saturated rings. The van der Waals surface area contributed by atoms with E-state index in [1.54, 1.807) is 6.92 Å². The molecule has 0 bridgehead atoms. The first-order chi connectivity index (χ1) is 14.6. The van der Waals surface area contributed by atoms with Crippen molar-refractivity contribution < 1.29 is 27.5 Å². The van der Waals surface area contributed by atoms with Crippen LogP contribution < -0.4 is 4.90 Å². The molecular weight excluding hydrogens is 420 g/mol. The second kappa shape index (κ2) is 7.29. The number of carbonyl (C=O) groups is 1. The molecule has 12 heteroatoms.